The van der Waals surface area contributed by atoms with Crippen LogP contribution in [0.4, 0.5) is 0 Å². The second-order valence-corrected chi connectivity index (χ2v) is 8.38. The molecule has 1 aromatic rings. The van der Waals surface area contributed by atoms with Crippen molar-refractivity contribution in [3.05, 3.63) is 29.8 Å². The predicted molar refractivity (Wildman–Crippen MR) is 82.8 cm³/mol. The Morgan fingerprint density at radius 1 is 1.29 bits per heavy atom. The van der Waals surface area contributed by atoms with Crippen LogP contribution < -0.4 is 0 Å². The van der Waals surface area contributed by atoms with Gasteiger partial charge in [-0.25, -0.2) is 8.42 Å². The van der Waals surface area contributed by atoms with Crippen molar-refractivity contribution < 1.29 is 13.2 Å². The molecule has 2 unspecified atom stereocenters. The standard InChI is InChI=1S/C15H20ClNO3S/c1-11-9-12(2)17(10-11)15(18)8-5-13-3-6-14(7-4-13)21(16,19)20/h3-4,6-7,11-12H,5,8-10H2,1-2H3. The molecule has 1 fully saturated rings. The first-order valence-corrected chi connectivity index (χ1v) is 9.41. The van der Waals surface area contributed by atoms with Crippen LogP contribution in [0, 0.1) is 5.92 Å². The highest BCUT2D eigenvalue weighted by atomic mass is 35.7. The van der Waals surface area contributed by atoms with Crippen LogP contribution in [-0.4, -0.2) is 31.8 Å². The van der Waals surface area contributed by atoms with Gasteiger partial charge in [-0.2, -0.15) is 0 Å². The maximum atomic E-state index is 12.2. The van der Waals surface area contributed by atoms with Gasteiger partial charge in [-0.3, -0.25) is 4.79 Å². The molecule has 0 saturated carbocycles. The Morgan fingerprint density at radius 3 is 2.38 bits per heavy atom. The van der Waals surface area contributed by atoms with Gasteiger partial charge in [0.1, 0.15) is 0 Å². The lowest BCUT2D eigenvalue weighted by Crippen LogP contribution is -2.34. The smallest absolute Gasteiger partial charge is 0.261 e. The van der Waals surface area contributed by atoms with Crippen LogP contribution in [-0.2, 0) is 20.3 Å². The summed E-state index contributed by atoms with van der Waals surface area (Å²) in [5.41, 5.74) is 0.937. The van der Waals surface area contributed by atoms with Gasteiger partial charge in [0.2, 0.25) is 5.91 Å². The molecule has 2 rings (SSSR count). The van der Waals surface area contributed by atoms with Gasteiger partial charge in [0, 0.05) is 29.7 Å². The summed E-state index contributed by atoms with van der Waals surface area (Å²) in [7, 11) is 1.59. The second-order valence-electron chi connectivity index (χ2n) is 5.82. The van der Waals surface area contributed by atoms with Crippen LogP contribution in [0.15, 0.2) is 29.2 Å². The first kappa shape index (κ1) is 16.3. The van der Waals surface area contributed by atoms with Crippen molar-refractivity contribution in [3.8, 4) is 0 Å². The summed E-state index contributed by atoms with van der Waals surface area (Å²) in [6.07, 6.45) is 2.12. The van der Waals surface area contributed by atoms with E-state index in [0.29, 0.717) is 24.8 Å². The molecule has 0 bridgehead atoms. The van der Waals surface area contributed by atoms with Crippen molar-refractivity contribution in [2.75, 3.05) is 6.54 Å². The SMILES string of the molecule is CC1CC(C)N(C(=O)CCc2ccc(S(=O)(=O)Cl)cc2)C1. The Labute approximate surface area is 130 Å². The number of amides is 1. The van der Waals surface area contributed by atoms with E-state index < -0.39 is 9.05 Å². The van der Waals surface area contributed by atoms with Crippen molar-refractivity contribution in [2.45, 2.75) is 44.0 Å². The summed E-state index contributed by atoms with van der Waals surface area (Å²) in [6.45, 7) is 5.08. The number of carbonyl (C=O) groups excluding carboxylic acids is 1. The fourth-order valence-electron chi connectivity index (χ4n) is 2.86. The Bertz CT molecular complexity index is 612. The number of nitrogens with zero attached hydrogens (tertiary/aromatic N) is 1. The summed E-state index contributed by atoms with van der Waals surface area (Å²) in [5, 5.41) is 0. The van der Waals surface area contributed by atoms with E-state index in [2.05, 4.69) is 13.8 Å². The zero-order valence-electron chi connectivity index (χ0n) is 12.3. The maximum absolute atomic E-state index is 12.2. The monoisotopic (exact) mass is 329 g/mol. The van der Waals surface area contributed by atoms with Gasteiger partial charge in [-0.05, 0) is 43.4 Å². The Hall–Kier alpha value is -1.07. The summed E-state index contributed by atoms with van der Waals surface area (Å²) in [4.78, 5) is 14.2. The van der Waals surface area contributed by atoms with E-state index in [1.54, 1.807) is 12.1 Å². The molecule has 4 nitrogen and oxygen atoms in total. The third-order valence-corrected chi connectivity index (χ3v) is 5.31. The van der Waals surface area contributed by atoms with Crippen LogP contribution in [0.25, 0.3) is 0 Å². The van der Waals surface area contributed by atoms with Gasteiger partial charge in [-0.15, -0.1) is 0 Å². The summed E-state index contributed by atoms with van der Waals surface area (Å²) in [6, 6.07) is 6.68. The highest BCUT2D eigenvalue weighted by Gasteiger charge is 2.29. The predicted octanol–water partition coefficient (Wildman–Crippen LogP) is 2.80. The molecule has 0 aliphatic carbocycles. The van der Waals surface area contributed by atoms with E-state index in [-0.39, 0.29) is 10.8 Å². The minimum Gasteiger partial charge on any atom is -0.340 e. The van der Waals surface area contributed by atoms with Gasteiger partial charge in [0.15, 0.2) is 0 Å². The summed E-state index contributed by atoms with van der Waals surface area (Å²) < 4.78 is 22.3. The molecule has 1 aromatic carbocycles. The van der Waals surface area contributed by atoms with Gasteiger partial charge in [0.25, 0.3) is 9.05 Å². The molecule has 1 heterocycles. The maximum Gasteiger partial charge on any atom is 0.261 e. The lowest BCUT2D eigenvalue weighted by Gasteiger charge is -2.21. The molecule has 0 aromatic heterocycles. The van der Waals surface area contributed by atoms with Gasteiger partial charge >= 0.3 is 0 Å². The fraction of sp³-hybridized carbons (Fsp3) is 0.533. The Morgan fingerprint density at radius 2 is 1.90 bits per heavy atom. The highest BCUT2D eigenvalue weighted by Crippen LogP contribution is 2.23. The first-order valence-electron chi connectivity index (χ1n) is 7.10. The number of likely N-dealkylation sites (tertiary alicyclic amines) is 1. The minimum atomic E-state index is -3.68. The first-order chi connectivity index (χ1) is 9.77. The zero-order chi connectivity index (χ0) is 15.6. The summed E-state index contributed by atoms with van der Waals surface area (Å²) >= 11 is 0. The average molecular weight is 330 g/mol. The van der Waals surface area contributed by atoms with Crippen LogP contribution in [0.3, 0.4) is 0 Å². The zero-order valence-corrected chi connectivity index (χ0v) is 13.8. The third kappa shape index (κ3) is 4.20. The molecular formula is C15H20ClNO3S. The number of benzene rings is 1. The summed E-state index contributed by atoms with van der Waals surface area (Å²) in [5.74, 6) is 0.734. The van der Waals surface area contributed by atoms with Gasteiger partial charge in [0.05, 0.1) is 4.90 Å². The molecule has 1 amide bonds. The van der Waals surface area contributed by atoms with E-state index in [0.717, 1.165) is 18.5 Å². The van der Waals surface area contributed by atoms with E-state index in [9.17, 15) is 13.2 Å². The lowest BCUT2D eigenvalue weighted by atomic mass is 10.1. The number of halogens is 1. The van der Waals surface area contributed by atoms with Gasteiger partial charge < -0.3 is 4.90 Å². The van der Waals surface area contributed by atoms with E-state index >= 15 is 0 Å². The van der Waals surface area contributed by atoms with Crippen molar-refractivity contribution >= 4 is 25.6 Å². The molecule has 1 aliphatic rings. The fourth-order valence-corrected chi connectivity index (χ4v) is 3.63. The molecule has 116 valence electrons. The average Bonchev–Trinajstić information content (AvgIpc) is 2.74. The lowest BCUT2D eigenvalue weighted by molar-refractivity contribution is -0.131. The number of aryl methyl sites for hydroxylation is 1. The van der Waals surface area contributed by atoms with Crippen LogP contribution >= 0.6 is 10.7 Å². The van der Waals surface area contributed by atoms with Crippen LogP contribution in [0.2, 0.25) is 0 Å². The van der Waals surface area contributed by atoms with Gasteiger partial charge in [-0.1, -0.05) is 19.1 Å². The van der Waals surface area contributed by atoms with E-state index in [4.69, 9.17) is 10.7 Å². The minimum absolute atomic E-state index is 0.0845. The van der Waals surface area contributed by atoms with Crippen LogP contribution in [0.5, 0.6) is 0 Å². The molecule has 0 spiro atoms. The molecule has 1 saturated heterocycles. The van der Waals surface area contributed by atoms with E-state index in [1.807, 2.05) is 4.90 Å². The number of hydrogen-bond acceptors (Lipinski definition) is 3. The number of carbonyl (C=O) groups is 1. The molecule has 2 atom stereocenters. The van der Waals surface area contributed by atoms with E-state index in [1.165, 1.54) is 12.1 Å². The third-order valence-electron chi connectivity index (χ3n) is 3.94. The molecular weight excluding hydrogens is 310 g/mol. The highest BCUT2D eigenvalue weighted by molar-refractivity contribution is 8.13. The number of hydrogen-bond donors (Lipinski definition) is 0. The second kappa shape index (κ2) is 6.36. The van der Waals surface area contributed by atoms with Crippen molar-refractivity contribution in [1.82, 2.24) is 4.90 Å². The van der Waals surface area contributed by atoms with Crippen LogP contribution in [0.1, 0.15) is 32.3 Å². The number of rotatable bonds is 4. The van der Waals surface area contributed by atoms with Crippen molar-refractivity contribution in [2.24, 2.45) is 5.92 Å². The Balaban J connectivity index is 1.93. The topological polar surface area (TPSA) is 54.5 Å². The molecule has 6 heteroatoms. The quantitative estimate of drug-likeness (QED) is 0.798. The molecule has 0 radical (unpaired) electrons. The Kier molecular flexibility index (Phi) is 4.94. The molecule has 0 N–H and O–H groups in total. The largest absolute Gasteiger partial charge is 0.340 e. The molecule has 1 aliphatic heterocycles. The normalized spacial score (nSPS) is 22.5. The van der Waals surface area contributed by atoms with Crippen molar-refractivity contribution in [1.29, 1.82) is 0 Å². The van der Waals surface area contributed by atoms with Crippen molar-refractivity contribution in [3.63, 3.8) is 0 Å². The molecule has 21 heavy (non-hydrogen) atoms.